The Bertz CT molecular complexity index is 567. The van der Waals surface area contributed by atoms with Gasteiger partial charge in [-0.05, 0) is 11.1 Å². The topological polar surface area (TPSA) is 52.6 Å². The standard InChI is InChI=1S/C18H18O4/c1-21-17(19)16(18(20)22-2)15(13-9-5-3-6-10-13)14-11-7-4-8-12-14/h3-12,15-16H,1-2H3. The van der Waals surface area contributed by atoms with Crippen molar-refractivity contribution >= 4 is 11.9 Å². The minimum absolute atomic E-state index is 0.456. The Kier molecular flexibility index (Phi) is 5.31. The monoisotopic (exact) mass is 298 g/mol. The van der Waals surface area contributed by atoms with Gasteiger partial charge in [-0.1, -0.05) is 60.7 Å². The fraction of sp³-hybridized carbons (Fsp3) is 0.222. The van der Waals surface area contributed by atoms with E-state index in [1.54, 1.807) is 0 Å². The molecule has 0 aromatic heterocycles. The van der Waals surface area contributed by atoms with Crippen LogP contribution in [-0.4, -0.2) is 26.2 Å². The van der Waals surface area contributed by atoms with Gasteiger partial charge in [0.1, 0.15) is 0 Å². The quantitative estimate of drug-likeness (QED) is 0.629. The van der Waals surface area contributed by atoms with Crippen LogP contribution in [0.15, 0.2) is 60.7 Å². The average molecular weight is 298 g/mol. The molecule has 0 aliphatic rings. The van der Waals surface area contributed by atoms with Crippen LogP contribution in [0.5, 0.6) is 0 Å². The molecular weight excluding hydrogens is 280 g/mol. The summed E-state index contributed by atoms with van der Waals surface area (Å²) in [4.78, 5) is 24.4. The van der Waals surface area contributed by atoms with Gasteiger partial charge < -0.3 is 9.47 Å². The zero-order chi connectivity index (χ0) is 15.9. The van der Waals surface area contributed by atoms with E-state index in [4.69, 9.17) is 9.47 Å². The third kappa shape index (κ3) is 3.34. The van der Waals surface area contributed by atoms with E-state index in [9.17, 15) is 9.59 Å². The Hall–Kier alpha value is -2.62. The van der Waals surface area contributed by atoms with Crippen molar-refractivity contribution in [3.05, 3.63) is 71.8 Å². The molecule has 0 aliphatic heterocycles. The minimum Gasteiger partial charge on any atom is -0.468 e. The summed E-state index contributed by atoms with van der Waals surface area (Å²) >= 11 is 0. The maximum atomic E-state index is 12.2. The van der Waals surface area contributed by atoms with Crippen molar-refractivity contribution in [2.75, 3.05) is 14.2 Å². The van der Waals surface area contributed by atoms with Gasteiger partial charge in [0.15, 0.2) is 5.92 Å². The number of benzene rings is 2. The predicted molar refractivity (Wildman–Crippen MR) is 82.2 cm³/mol. The van der Waals surface area contributed by atoms with Gasteiger partial charge >= 0.3 is 11.9 Å². The summed E-state index contributed by atoms with van der Waals surface area (Å²) in [6, 6.07) is 18.8. The van der Waals surface area contributed by atoms with Crippen LogP contribution < -0.4 is 0 Å². The second-order valence-electron chi connectivity index (χ2n) is 4.82. The molecular formula is C18H18O4. The van der Waals surface area contributed by atoms with Crippen molar-refractivity contribution in [2.24, 2.45) is 5.92 Å². The maximum absolute atomic E-state index is 12.2. The van der Waals surface area contributed by atoms with Crippen molar-refractivity contribution in [1.29, 1.82) is 0 Å². The summed E-state index contributed by atoms with van der Waals surface area (Å²) in [5, 5.41) is 0. The third-order valence-electron chi connectivity index (χ3n) is 3.56. The number of esters is 2. The summed E-state index contributed by atoms with van der Waals surface area (Å²) in [6.07, 6.45) is 0. The van der Waals surface area contributed by atoms with Gasteiger partial charge in [0.05, 0.1) is 14.2 Å². The van der Waals surface area contributed by atoms with Crippen LogP contribution in [0.3, 0.4) is 0 Å². The highest BCUT2D eigenvalue weighted by Crippen LogP contribution is 2.33. The summed E-state index contributed by atoms with van der Waals surface area (Å²) in [5.41, 5.74) is 1.71. The fourth-order valence-electron chi connectivity index (χ4n) is 2.52. The van der Waals surface area contributed by atoms with Crippen molar-refractivity contribution in [3.8, 4) is 0 Å². The zero-order valence-electron chi connectivity index (χ0n) is 12.6. The molecule has 0 amide bonds. The number of methoxy groups -OCH3 is 2. The van der Waals surface area contributed by atoms with E-state index in [-0.39, 0.29) is 0 Å². The molecule has 0 saturated heterocycles. The first-order valence-electron chi connectivity index (χ1n) is 6.94. The van der Waals surface area contributed by atoms with Crippen LogP contribution in [0.1, 0.15) is 17.0 Å². The molecule has 0 unspecified atom stereocenters. The Morgan fingerprint density at radius 1 is 0.727 bits per heavy atom. The van der Waals surface area contributed by atoms with Gasteiger partial charge in [-0.25, -0.2) is 0 Å². The van der Waals surface area contributed by atoms with Crippen molar-refractivity contribution in [1.82, 2.24) is 0 Å². The average Bonchev–Trinajstić information content (AvgIpc) is 2.59. The van der Waals surface area contributed by atoms with Gasteiger partial charge in [0.25, 0.3) is 0 Å². The second kappa shape index (κ2) is 7.41. The van der Waals surface area contributed by atoms with Crippen molar-refractivity contribution in [2.45, 2.75) is 5.92 Å². The molecule has 4 nitrogen and oxygen atoms in total. The number of carbonyl (C=O) groups excluding carboxylic acids is 2. The first-order valence-corrected chi connectivity index (χ1v) is 6.94. The highest BCUT2D eigenvalue weighted by Gasteiger charge is 2.38. The molecule has 0 fully saturated rings. The number of hydrogen-bond donors (Lipinski definition) is 0. The number of rotatable bonds is 5. The lowest BCUT2D eigenvalue weighted by atomic mass is 9.80. The largest absolute Gasteiger partial charge is 0.468 e. The Balaban J connectivity index is 2.56. The zero-order valence-corrected chi connectivity index (χ0v) is 12.6. The molecule has 2 rings (SSSR count). The lowest BCUT2D eigenvalue weighted by Crippen LogP contribution is -2.32. The first kappa shape index (κ1) is 15.8. The molecule has 0 aliphatic carbocycles. The normalized spacial score (nSPS) is 10.5. The Labute approximate surface area is 129 Å². The molecule has 2 aromatic rings. The maximum Gasteiger partial charge on any atom is 0.321 e. The first-order chi connectivity index (χ1) is 10.7. The molecule has 2 aromatic carbocycles. The third-order valence-corrected chi connectivity index (χ3v) is 3.56. The highest BCUT2D eigenvalue weighted by atomic mass is 16.5. The van der Waals surface area contributed by atoms with Crippen LogP contribution in [0.4, 0.5) is 0 Å². The van der Waals surface area contributed by atoms with Gasteiger partial charge in [-0.3, -0.25) is 9.59 Å². The summed E-state index contributed by atoms with van der Waals surface area (Å²) in [5.74, 6) is -2.71. The molecule has 0 saturated carbocycles. The van der Waals surface area contributed by atoms with Gasteiger partial charge in [0, 0.05) is 5.92 Å². The van der Waals surface area contributed by atoms with Gasteiger partial charge in [-0.15, -0.1) is 0 Å². The molecule has 4 heteroatoms. The molecule has 22 heavy (non-hydrogen) atoms. The lowest BCUT2D eigenvalue weighted by molar-refractivity contribution is -0.159. The minimum atomic E-state index is -1.04. The predicted octanol–water partition coefficient (Wildman–Crippen LogP) is 2.78. The van der Waals surface area contributed by atoms with Gasteiger partial charge in [0.2, 0.25) is 0 Å². The molecule has 114 valence electrons. The smallest absolute Gasteiger partial charge is 0.321 e. The highest BCUT2D eigenvalue weighted by molar-refractivity contribution is 5.96. The second-order valence-corrected chi connectivity index (χ2v) is 4.82. The van der Waals surface area contributed by atoms with Crippen LogP contribution in [0, 0.1) is 5.92 Å². The van der Waals surface area contributed by atoms with E-state index in [2.05, 4.69) is 0 Å². The summed E-state index contributed by atoms with van der Waals surface area (Å²) < 4.78 is 9.64. The number of carbonyl (C=O) groups is 2. The molecule has 0 radical (unpaired) electrons. The van der Waals surface area contributed by atoms with Crippen molar-refractivity contribution < 1.29 is 19.1 Å². The van der Waals surface area contributed by atoms with Crippen LogP contribution in [0.2, 0.25) is 0 Å². The van der Waals surface area contributed by atoms with Gasteiger partial charge in [-0.2, -0.15) is 0 Å². The fourth-order valence-corrected chi connectivity index (χ4v) is 2.52. The molecule has 0 atom stereocenters. The van der Waals surface area contributed by atoms with Crippen LogP contribution in [-0.2, 0) is 19.1 Å². The summed E-state index contributed by atoms with van der Waals surface area (Å²) in [6.45, 7) is 0. The van der Waals surface area contributed by atoms with E-state index in [0.29, 0.717) is 0 Å². The lowest BCUT2D eigenvalue weighted by Gasteiger charge is -2.24. The van der Waals surface area contributed by atoms with E-state index < -0.39 is 23.8 Å². The van der Waals surface area contributed by atoms with E-state index in [1.165, 1.54) is 14.2 Å². The molecule has 0 heterocycles. The molecule has 0 bridgehead atoms. The van der Waals surface area contributed by atoms with Crippen molar-refractivity contribution in [3.63, 3.8) is 0 Å². The molecule has 0 spiro atoms. The SMILES string of the molecule is COC(=O)C(C(=O)OC)C(c1ccccc1)c1ccccc1. The molecule has 0 N–H and O–H groups in total. The van der Waals surface area contributed by atoms with E-state index in [1.807, 2.05) is 60.7 Å². The van der Waals surface area contributed by atoms with Crippen LogP contribution in [0.25, 0.3) is 0 Å². The number of hydrogen-bond acceptors (Lipinski definition) is 4. The Morgan fingerprint density at radius 2 is 1.09 bits per heavy atom. The van der Waals surface area contributed by atoms with E-state index in [0.717, 1.165) is 11.1 Å². The van der Waals surface area contributed by atoms with Crippen LogP contribution >= 0.6 is 0 Å². The number of ether oxygens (including phenoxy) is 2. The Morgan fingerprint density at radius 3 is 1.41 bits per heavy atom. The van der Waals surface area contributed by atoms with E-state index >= 15 is 0 Å². The summed E-state index contributed by atoms with van der Waals surface area (Å²) in [7, 11) is 2.54.